The Kier molecular flexibility index (Phi) is 38.0. The van der Waals surface area contributed by atoms with Gasteiger partial charge in [0.2, 0.25) is 0 Å². The third-order valence-electron chi connectivity index (χ3n) is 6.84. The molecule has 0 aliphatic rings. The van der Waals surface area contributed by atoms with E-state index in [2.05, 4.69) is 13.8 Å². The van der Waals surface area contributed by atoms with Crippen LogP contribution < -0.4 is 0 Å². The summed E-state index contributed by atoms with van der Waals surface area (Å²) >= 11 is 0. The first-order chi connectivity index (χ1) is 15.4. The van der Waals surface area contributed by atoms with Crippen LogP contribution in [0.1, 0.15) is 181 Å². The molecule has 0 saturated carbocycles. The van der Waals surface area contributed by atoms with Gasteiger partial charge in [-0.3, -0.25) is 0 Å². The summed E-state index contributed by atoms with van der Waals surface area (Å²) in [4.78, 5) is 0. The minimum atomic E-state index is 0. The van der Waals surface area contributed by atoms with Crippen molar-refractivity contribution in [3.63, 3.8) is 0 Å². The van der Waals surface area contributed by atoms with Gasteiger partial charge in [0.15, 0.2) is 0 Å². The second-order valence-electron chi connectivity index (χ2n) is 10.2. The first-order valence-electron chi connectivity index (χ1n) is 15.0. The molecule has 0 unspecified atom stereocenters. The van der Waals surface area contributed by atoms with E-state index in [0.29, 0.717) is 0 Å². The summed E-state index contributed by atoms with van der Waals surface area (Å²) in [6.07, 6.45) is 37.4. The Balaban J connectivity index is 0. The Labute approximate surface area is 234 Å². The van der Waals surface area contributed by atoms with E-state index in [4.69, 9.17) is 5.32 Å². The van der Waals surface area contributed by atoms with Gasteiger partial charge in [-0.05, 0) is 0 Å². The normalized spacial score (nSPS) is 11.1. The van der Waals surface area contributed by atoms with Crippen molar-refractivity contribution in [1.29, 1.82) is 0 Å². The Morgan fingerprint density at radius 1 is 0.281 bits per heavy atom. The molecule has 1 radical (unpaired) electrons. The van der Waals surface area contributed by atoms with E-state index in [0.717, 1.165) is 13.1 Å². The first kappa shape index (κ1) is 35.4. The van der Waals surface area contributed by atoms with Gasteiger partial charge in [-0.25, -0.2) is 0 Å². The van der Waals surface area contributed by atoms with Gasteiger partial charge >= 0.3 is 0 Å². The molecule has 0 atom stereocenters. The van der Waals surface area contributed by atoms with Crippen molar-refractivity contribution in [3.8, 4) is 0 Å². The van der Waals surface area contributed by atoms with Crippen molar-refractivity contribution < 1.29 is 36.9 Å². The van der Waals surface area contributed by atoms with Crippen molar-refractivity contribution in [3.05, 3.63) is 5.32 Å². The summed E-state index contributed by atoms with van der Waals surface area (Å²) in [5.41, 5.74) is 0. The third kappa shape index (κ3) is 33.4. The van der Waals surface area contributed by atoms with Gasteiger partial charge < -0.3 is 5.32 Å². The Hall–Kier alpha value is 1.19. The molecular weight excluding hydrogens is 543 g/mol. The van der Waals surface area contributed by atoms with Crippen molar-refractivity contribution >= 4 is 0 Å². The minimum Gasteiger partial charge on any atom is -0.662 e. The molecule has 1 nitrogen and oxygen atoms in total. The van der Waals surface area contributed by atoms with Crippen LogP contribution in [0.25, 0.3) is 5.32 Å². The van der Waals surface area contributed by atoms with E-state index < -0.39 is 0 Å². The van der Waals surface area contributed by atoms with Crippen LogP contribution in [0.5, 0.6) is 0 Å². The van der Waals surface area contributed by atoms with Crippen molar-refractivity contribution in [1.82, 2.24) is 0 Å². The number of nitrogens with zero attached hydrogens (tertiary/aromatic N) is 1. The minimum absolute atomic E-state index is 0. The van der Waals surface area contributed by atoms with Gasteiger partial charge in [-0.1, -0.05) is 181 Å². The van der Waals surface area contributed by atoms with Gasteiger partial charge in [0.05, 0.1) is 0 Å². The number of hydrogen-bond donors (Lipinski definition) is 0. The van der Waals surface area contributed by atoms with E-state index >= 15 is 0 Å². The van der Waals surface area contributed by atoms with Crippen LogP contribution in [0.2, 0.25) is 0 Å². The van der Waals surface area contributed by atoms with Crippen molar-refractivity contribution in [2.75, 3.05) is 13.1 Å². The zero-order valence-electron chi connectivity index (χ0n) is 22.5. The number of hydrogen-bond acceptors (Lipinski definition) is 0. The average molecular weight is 606 g/mol. The first-order valence-corrected chi connectivity index (χ1v) is 15.0. The van der Waals surface area contributed by atoms with Crippen LogP contribution >= 0.6 is 0 Å². The van der Waals surface area contributed by atoms with E-state index in [-0.39, 0.29) is 36.9 Å². The molecule has 0 N–H and O–H groups in total. The second-order valence-corrected chi connectivity index (χ2v) is 10.2. The fourth-order valence-electron chi connectivity index (χ4n) is 4.59. The van der Waals surface area contributed by atoms with Crippen LogP contribution in [0.15, 0.2) is 0 Å². The maximum Gasteiger partial charge on any atom is 0 e. The maximum absolute atomic E-state index is 4.75. The zero-order valence-corrected chi connectivity index (χ0v) is 24.3. The Bertz CT molecular complexity index is 267. The third-order valence-corrected chi connectivity index (χ3v) is 6.84. The van der Waals surface area contributed by atoms with Crippen LogP contribution in [-0.2, 0) is 0 Å². The summed E-state index contributed by atoms with van der Waals surface area (Å²) in [7, 11) is 0. The average Bonchev–Trinajstić information content (AvgIpc) is 2.78. The second kappa shape index (κ2) is 34.4. The largest absolute Gasteiger partial charge is 0.662 e. The molecule has 0 aliphatic carbocycles. The number of unbranched alkanes of at least 4 members (excludes halogenated alkanes) is 24. The maximum atomic E-state index is 4.75. The van der Waals surface area contributed by atoms with Gasteiger partial charge in [-0.2, -0.15) is 0 Å². The van der Waals surface area contributed by atoms with Gasteiger partial charge in [0.25, 0.3) is 0 Å². The summed E-state index contributed by atoms with van der Waals surface area (Å²) in [6.45, 7) is 6.84. The molecule has 0 spiro atoms. The van der Waals surface area contributed by atoms with Crippen molar-refractivity contribution in [2.24, 2.45) is 0 Å². The predicted octanol–water partition coefficient (Wildman–Crippen LogP) is 11.5. The molecule has 0 fully saturated rings. The quantitative estimate of drug-likeness (QED) is 0.0788. The topological polar surface area (TPSA) is 14.1 Å². The van der Waals surface area contributed by atoms with Crippen molar-refractivity contribution in [2.45, 2.75) is 181 Å². The fourth-order valence-corrected chi connectivity index (χ4v) is 4.59. The van der Waals surface area contributed by atoms with Crippen LogP contribution in [0, 0.1) is 36.9 Å². The molecular formula is C30H62NTm-. The standard InChI is InChI=1S/C30H62N.Tm/c1-3-5-7-9-11-13-15-17-19-21-23-25-27-29-31-30-28-26-24-22-20-18-16-14-12-10-8-6-4-2;/h3-30H2,1-2H3;/q-1;. The zero-order chi connectivity index (χ0) is 22.5. The molecule has 0 aromatic carbocycles. The molecule has 0 amide bonds. The summed E-state index contributed by atoms with van der Waals surface area (Å²) < 4.78 is 0. The molecule has 32 heavy (non-hydrogen) atoms. The fraction of sp³-hybridized carbons (Fsp3) is 1.00. The van der Waals surface area contributed by atoms with E-state index in [1.54, 1.807) is 0 Å². The molecule has 0 aromatic rings. The van der Waals surface area contributed by atoms with Gasteiger partial charge in [-0.15, -0.1) is 13.1 Å². The van der Waals surface area contributed by atoms with Crippen LogP contribution in [0.3, 0.4) is 0 Å². The SMILES string of the molecule is CCCCCCCCCCCCCCC[N-]CCCCCCCCCCCCCCC.[Tm]. The van der Waals surface area contributed by atoms with Gasteiger partial charge in [0.1, 0.15) is 0 Å². The summed E-state index contributed by atoms with van der Waals surface area (Å²) in [5.74, 6) is 0. The number of rotatable bonds is 28. The van der Waals surface area contributed by atoms with E-state index in [9.17, 15) is 0 Å². The molecule has 0 rings (SSSR count). The molecule has 0 heterocycles. The molecule has 0 saturated heterocycles. The molecule has 0 aromatic heterocycles. The Morgan fingerprint density at radius 2 is 0.469 bits per heavy atom. The van der Waals surface area contributed by atoms with Crippen LogP contribution in [-0.4, -0.2) is 13.1 Å². The molecule has 201 valence electrons. The predicted molar refractivity (Wildman–Crippen MR) is 144 cm³/mol. The van der Waals surface area contributed by atoms with Gasteiger partial charge in [0, 0.05) is 36.9 Å². The molecule has 0 bridgehead atoms. The monoisotopic (exact) mass is 605 g/mol. The van der Waals surface area contributed by atoms with E-state index in [1.165, 1.54) is 167 Å². The smallest absolute Gasteiger partial charge is 0 e. The van der Waals surface area contributed by atoms with E-state index in [1.807, 2.05) is 0 Å². The summed E-state index contributed by atoms with van der Waals surface area (Å²) in [5, 5.41) is 4.75. The Morgan fingerprint density at radius 3 is 0.688 bits per heavy atom. The summed E-state index contributed by atoms with van der Waals surface area (Å²) in [6, 6.07) is 0. The molecule has 2 heteroatoms. The molecule has 0 aliphatic heterocycles. The van der Waals surface area contributed by atoms with Crippen LogP contribution in [0.4, 0.5) is 0 Å².